The van der Waals surface area contributed by atoms with E-state index in [-0.39, 0.29) is 24.2 Å². The minimum Gasteiger partial charge on any atom is -0.488 e. The molecule has 4 aromatic carbocycles. The maximum absolute atomic E-state index is 15.4. The zero-order chi connectivity index (χ0) is 33.8. The average molecular weight is 751 g/mol. The molecule has 1 unspecified atom stereocenters. The fourth-order valence-electron chi connectivity index (χ4n) is 4.99. The summed E-state index contributed by atoms with van der Waals surface area (Å²) in [6.07, 6.45) is 1.37. The highest BCUT2D eigenvalue weighted by Gasteiger charge is 2.21. The molecule has 2 heterocycles. The van der Waals surface area contributed by atoms with Crippen molar-refractivity contribution in [1.29, 1.82) is 0 Å². The van der Waals surface area contributed by atoms with Crippen LogP contribution >= 0.6 is 27.3 Å². The Morgan fingerprint density at radius 2 is 1.81 bits per heavy atom. The van der Waals surface area contributed by atoms with Gasteiger partial charge in [-0.15, -0.1) is 11.3 Å². The van der Waals surface area contributed by atoms with E-state index in [0.717, 1.165) is 5.01 Å². The Balaban J connectivity index is 1.17. The van der Waals surface area contributed by atoms with Crippen LogP contribution in [0.2, 0.25) is 0 Å². The molecule has 1 N–H and O–H groups in total. The minimum atomic E-state index is -3.43. The largest absolute Gasteiger partial charge is 0.488 e. The van der Waals surface area contributed by atoms with E-state index in [2.05, 4.69) is 31.2 Å². The molecule has 1 atom stereocenters. The van der Waals surface area contributed by atoms with Crippen molar-refractivity contribution in [3.8, 4) is 17.0 Å². The Morgan fingerprint density at radius 1 is 1.00 bits per heavy atom. The molecule has 8 nitrogen and oxygen atoms in total. The number of rotatable bonds is 12. The number of hydrogen-bond donors (Lipinski definition) is 1. The second-order valence-electron chi connectivity index (χ2n) is 11.1. The Kier molecular flexibility index (Phi) is 10.1. The second kappa shape index (κ2) is 14.4. The summed E-state index contributed by atoms with van der Waals surface area (Å²) in [5, 5.41) is 6.41. The lowest BCUT2D eigenvalue weighted by Gasteiger charge is -2.22. The van der Waals surface area contributed by atoms with Gasteiger partial charge in [0.15, 0.2) is 9.84 Å². The van der Waals surface area contributed by atoms with E-state index in [1.54, 1.807) is 60.0 Å². The summed E-state index contributed by atoms with van der Waals surface area (Å²) in [5.74, 6) is 0.230. The summed E-state index contributed by atoms with van der Waals surface area (Å²) in [6.45, 7) is 2.46. The smallest absolute Gasteiger partial charge is 0.179 e. The monoisotopic (exact) mass is 749 g/mol. The molecule has 0 saturated carbocycles. The molecule has 6 rings (SSSR count). The van der Waals surface area contributed by atoms with Gasteiger partial charge in [0.05, 0.1) is 32.4 Å². The third kappa shape index (κ3) is 7.70. The van der Waals surface area contributed by atoms with Gasteiger partial charge in [0.25, 0.3) is 0 Å². The molecular formula is C35H30BrF2N5O3S2. The number of hydrogen-bond acceptors (Lipinski definition) is 9. The van der Waals surface area contributed by atoms with Crippen molar-refractivity contribution in [1.82, 2.24) is 19.9 Å². The maximum Gasteiger partial charge on any atom is 0.179 e. The number of benzene rings is 4. The average Bonchev–Trinajstić information content (AvgIpc) is 3.57. The molecule has 0 fully saturated rings. The van der Waals surface area contributed by atoms with Crippen LogP contribution in [0.5, 0.6) is 5.75 Å². The van der Waals surface area contributed by atoms with Gasteiger partial charge in [0, 0.05) is 34.6 Å². The predicted octanol–water partition coefficient (Wildman–Crippen LogP) is 8.58. The van der Waals surface area contributed by atoms with Crippen LogP contribution in [0.15, 0.2) is 106 Å². The Labute approximate surface area is 289 Å². The molecule has 246 valence electrons. The standard InChI is InChI=1S/C35H30BrF2N5O3S2/c1-22(43(2)13-14-48(44,45)26-9-4-3-5-10-26)35-42-32(20-47-35)27-17-28-31(18-30(27)38)39-21-40-34(28)41-25-11-12-33(29(36)16-25)46-19-23-7-6-8-24(37)15-23/h3-12,15-18,20-22H,13-14,19H2,1-2H3,(H,39,40,41). The van der Waals surface area contributed by atoms with Gasteiger partial charge in [-0.3, -0.25) is 4.90 Å². The molecule has 0 aliphatic heterocycles. The molecule has 0 radical (unpaired) electrons. The van der Waals surface area contributed by atoms with Crippen LogP contribution in [0.4, 0.5) is 20.3 Å². The molecule has 0 bridgehead atoms. The van der Waals surface area contributed by atoms with E-state index in [1.807, 2.05) is 31.0 Å². The fourth-order valence-corrected chi connectivity index (χ4v) is 7.76. The first-order chi connectivity index (χ1) is 23.1. The topological polar surface area (TPSA) is 97.3 Å². The number of anilines is 2. The van der Waals surface area contributed by atoms with Gasteiger partial charge in [-0.05, 0) is 84.0 Å². The zero-order valence-electron chi connectivity index (χ0n) is 25.9. The van der Waals surface area contributed by atoms with Gasteiger partial charge in [0.1, 0.15) is 41.1 Å². The van der Waals surface area contributed by atoms with E-state index < -0.39 is 15.7 Å². The molecule has 2 aromatic heterocycles. The van der Waals surface area contributed by atoms with E-state index in [1.165, 1.54) is 35.9 Å². The molecule has 13 heteroatoms. The van der Waals surface area contributed by atoms with Crippen LogP contribution < -0.4 is 10.1 Å². The lowest BCUT2D eigenvalue weighted by atomic mass is 10.1. The van der Waals surface area contributed by atoms with Crippen molar-refractivity contribution >= 4 is 59.5 Å². The summed E-state index contributed by atoms with van der Waals surface area (Å²) in [4.78, 5) is 15.6. The first kappa shape index (κ1) is 33.6. The van der Waals surface area contributed by atoms with Crippen molar-refractivity contribution in [3.63, 3.8) is 0 Å². The van der Waals surface area contributed by atoms with Crippen molar-refractivity contribution in [2.24, 2.45) is 0 Å². The summed E-state index contributed by atoms with van der Waals surface area (Å²) < 4.78 is 61.0. The summed E-state index contributed by atoms with van der Waals surface area (Å²) >= 11 is 4.93. The highest BCUT2D eigenvalue weighted by Crippen LogP contribution is 2.35. The number of halogens is 3. The minimum absolute atomic E-state index is 0.0353. The third-order valence-electron chi connectivity index (χ3n) is 7.83. The number of nitrogens with one attached hydrogen (secondary N) is 1. The van der Waals surface area contributed by atoms with Gasteiger partial charge in [-0.2, -0.15) is 0 Å². The Morgan fingerprint density at radius 3 is 2.58 bits per heavy atom. The van der Waals surface area contributed by atoms with Crippen LogP contribution in [0.25, 0.3) is 22.2 Å². The number of fused-ring (bicyclic) bond motifs is 1. The van der Waals surface area contributed by atoms with Crippen molar-refractivity contribution in [3.05, 3.63) is 123 Å². The van der Waals surface area contributed by atoms with E-state index in [9.17, 15) is 12.8 Å². The third-order valence-corrected chi connectivity index (χ3v) is 11.2. The molecule has 48 heavy (non-hydrogen) atoms. The van der Waals surface area contributed by atoms with Crippen molar-refractivity contribution in [2.45, 2.75) is 24.5 Å². The molecule has 0 aliphatic rings. The fraction of sp³-hybridized carbons (Fsp3) is 0.171. The van der Waals surface area contributed by atoms with E-state index in [4.69, 9.17) is 9.72 Å². The summed E-state index contributed by atoms with van der Waals surface area (Å²) in [6, 6.07) is 22.9. The first-order valence-corrected chi connectivity index (χ1v) is 18.2. The van der Waals surface area contributed by atoms with Gasteiger partial charge >= 0.3 is 0 Å². The lowest BCUT2D eigenvalue weighted by molar-refractivity contribution is 0.276. The second-order valence-corrected chi connectivity index (χ2v) is 15.0. The number of sulfone groups is 1. The van der Waals surface area contributed by atoms with Crippen LogP contribution in [-0.2, 0) is 16.4 Å². The van der Waals surface area contributed by atoms with Crippen LogP contribution in [0.3, 0.4) is 0 Å². The highest BCUT2D eigenvalue weighted by molar-refractivity contribution is 9.10. The zero-order valence-corrected chi connectivity index (χ0v) is 29.1. The number of nitrogens with zero attached hydrogens (tertiary/aromatic N) is 4. The SMILES string of the molecule is CC(c1nc(-c2cc3c(Nc4ccc(OCc5cccc(F)c5)c(Br)c4)ncnc3cc2F)cs1)N(C)CCS(=O)(=O)c1ccccc1. The van der Waals surface area contributed by atoms with Crippen LogP contribution in [0.1, 0.15) is 23.5 Å². The van der Waals surface area contributed by atoms with Gasteiger partial charge in [0.2, 0.25) is 0 Å². The molecule has 6 aromatic rings. The number of thiazole rings is 1. The Bertz CT molecular complexity index is 2180. The van der Waals surface area contributed by atoms with E-state index >= 15 is 4.39 Å². The van der Waals surface area contributed by atoms with Gasteiger partial charge < -0.3 is 10.1 Å². The summed E-state index contributed by atoms with van der Waals surface area (Å²) in [5.41, 5.74) is 2.59. The van der Waals surface area contributed by atoms with Crippen LogP contribution in [-0.4, -0.2) is 47.6 Å². The molecular weight excluding hydrogens is 720 g/mol. The maximum atomic E-state index is 15.4. The highest BCUT2D eigenvalue weighted by atomic mass is 79.9. The van der Waals surface area contributed by atoms with Crippen molar-refractivity contribution < 1.29 is 21.9 Å². The number of aromatic nitrogens is 3. The molecule has 0 spiro atoms. The first-order valence-electron chi connectivity index (χ1n) is 14.9. The predicted molar refractivity (Wildman–Crippen MR) is 188 cm³/mol. The lowest BCUT2D eigenvalue weighted by Crippen LogP contribution is -2.28. The Hall–Kier alpha value is -4.30. The van der Waals surface area contributed by atoms with Crippen molar-refractivity contribution in [2.75, 3.05) is 24.7 Å². The van der Waals surface area contributed by atoms with Gasteiger partial charge in [-0.1, -0.05) is 30.3 Å². The molecule has 0 saturated heterocycles. The van der Waals surface area contributed by atoms with Gasteiger partial charge in [-0.25, -0.2) is 32.2 Å². The normalized spacial score (nSPS) is 12.4. The van der Waals surface area contributed by atoms with E-state index in [0.29, 0.717) is 60.9 Å². The summed E-state index contributed by atoms with van der Waals surface area (Å²) in [7, 11) is -1.58. The quantitative estimate of drug-likeness (QED) is 0.133. The molecule has 0 amide bonds. The number of ether oxygens (including phenoxy) is 1. The van der Waals surface area contributed by atoms with Crippen LogP contribution in [0, 0.1) is 11.6 Å². The molecule has 0 aliphatic carbocycles.